The third-order valence-electron chi connectivity index (χ3n) is 4.81. The van der Waals surface area contributed by atoms with Crippen molar-refractivity contribution in [2.45, 2.75) is 51.2 Å². The summed E-state index contributed by atoms with van der Waals surface area (Å²) in [5.41, 5.74) is 1.75. The van der Waals surface area contributed by atoms with Gasteiger partial charge in [-0.2, -0.15) is 0 Å². The van der Waals surface area contributed by atoms with Crippen LogP contribution in [-0.2, 0) is 16.1 Å². The van der Waals surface area contributed by atoms with Crippen LogP contribution in [0, 0.1) is 5.92 Å². The Morgan fingerprint density at radius 3 is 2.87 bits per heavy atom. The van der Waals surface area contributed by atoms with Crippen LogP contribution in [0.1, 0.15) is 44.1 Å². The van der Waals surface area contributed by atoms with Crippen LogP contribution in [0.3, 0.4) is 0 Å². The second-order valence-corrected chi connectivity index (χ2v) is 6.57. The van der Waals surface area contributed by atoms with E-state index in [9.17, 15) is 14.7 Å². The van der Waals surface area contributed by atoms with Gasteiger partial charge in [-0.3, -0.25) is 9.59 Å². The van der Waals surface area contributed by atoms with E-state index in [2.05, 4.69) is 5.32 Å². The van der Waals surface area contributed by atoms with E-state index in [1.165, 1.54) is 0 Å². The van der Waals surface area contributed by atoms with Crippen molar-refractivity contribution in [2.75, 3.05) is 11.9 Å². The molecule has 5 heteroatoms. The Morgan fingerprint density at radius 1 is 1.26 bits per heavy atom. The fraction of sp³-hybridized carbons (Fsp3) is 0.556. The second-order valence-electron chi connectivity index (χ2n) is 6.57. The number of rotatable bonds is 4. The van der Waals surface area contributed by atoms with E-state index in [0.29, 0.717) is 19.4 Å². The van der Waals surface area contributed by atoms with Gasteiger partial charge in [0.15, 0.2) is 0 Å². The van der Waals surface area contributed by atoms with Gasteiger partial charge in [-0.25, -0.2) is 0 Å². The van der Waals surface area contributed by atoms with Crippen LogP contribution < -0.4 is 5.32 Å². The summed E-state index contributed by atoms with van der Waals surface area (Å²) in [7, 11) is 0. The lowest BCUT2D eigenvalue weighted by atomic mass is 10.0. The van der Waals surface area contributed by atoms with Crippen molar-refractivity contribution >= 4 is 17.5 Å². The first kappa shape index (κ1) is 16.0. The normalized spacial score (nSPS) is 24.7. The van der Waals surface area contributed by atoms with E-state index in [4.69, 9.17) is 0 Å². The minimum absolute atomic E-state index is 0.110. The largest absolute Gasteiger partial charge is 0.392 e. The number of hydrogen-bond acceptors (Lipinski definition) is 3. The standard InChI is InChI=1S/C18H24N2O3/c21-16-8-4-7-15(16)18(23)19-14-6-3-5-13(11-14)12-20-10-2-1-9-17(20)22/h3,5-6,11,15-16,21H,1-2,4,7-10,12H2,(H,19,23). The van der Waals surface area contributed by atoms with Crippen molar-refractivity contribution in [3.05, 3.63) is 29.8 Å². The fourth-order valence-electron chi connectivity index (χ4n) is 3.48. The van der Waals surface area contributed by atoms with Gasteiger partial charge in [0, 0.05) is 25.2 Å². The highest BCUT2D eigenvalue weighted by molar-refractivity contribution is 5.93. The molecule has 5 nitrogen and oxygen atoms in total. The molecule has 2 N–H and O–H groups in total. The molecule has 3 rings (SSSR count). The SMILES string of the molecule is O=C(Nc1cccc(CN2CCCCC2=O)c1)C1CCCC1O. The Bertz CT molecular complexity index is 587. The number of aliphatic hydroxyl groups is 1. The lowest BCUT2D eigenvalue weighted by Gasteiger charge is -2.27. The monoisotopic (exact) mass is 316 g/mol. The molecular weight excluding hydrogens is 292 g/mol. The smallest absolute Gasteiger partial charge is 0.230 e. The van der Waals surface area contributed by atoms with Crippen LogP contribution in [-0.4, -0.2) is 34.5 Å². The lowest BCUT2D eigenvalue weighted by Crippen LogP contribution is -2.34. The molecule has 2 atom stereocenters. The van der Waals surface area contributed by atoms with E-state index in [-0.39, 0.29) is 17.7 Å². The van der Waals surface area contributed by atoms with Crippen molar-refractivity contribution in [2.24, 2.45) is 5.92 Å². The molecule has 0 spiro atoms. The molecule has 1 aromatic carbocycles. The highest BCUT2D eigenvalue weighted by atomic mass is 16.3. The van der Waals surface area contributed by atoms with Gasteiger partial charge in [0.2, 0.25) is 11.8 Å². The van der Waals surface area contributed by atoms with Gasteiger partial charge in [-0.1, -0.05) is 12.1 Å². The Balaban J connectivity index is 1.63. The zero-order valence-electron chi connectivity index (χ0n) is 13.3. The highest BCUT2D eigenvalue weighted by Gasteiger charge is 2.31. The van der Waals surface area contributed by atoms with E-state index in [1.54, 1.807) is 0 Å². The molecule has 2 unspecified atom stereocenters. The zero-order valence-corrected chi connectivity index (χ0v) is 13.3. The minimum atomic E-state index is -0.524. The molecule has 1 saturated carbocycles. The number of carbonyl (C=O) groups is 2. The molecule has 0 aromatic heterocycles. The summed E-state index contributed by atoms with van der Waals surface area (Å²) in [4.78, 5) is 26.0. The van der Waals surface area contributed by atoms with Crippen LogP contribution in [0.15, 0.2) is 24.3 Å². The molecule has 2 amide bonds. The third kappa shape index (κ3) is 3.91. The highest BCUT2D eigenvalue weighted by Crippen LogP contribution is 2.27. The number of anilines is 1. The maximum absolute atomic E-state index is 12.2. The first-order valence-corrected chi connectivity index (χ1v) is 8.49. The third-order valence-corrected chi connectivity index (χ3v) is 4.81. The Hall–Kier alpha value is -1.88. The average molecular weight is 316 g/mol. The van der Waals surface area contributed by atoms with Crippen LogP contribution in [0.2, 0.25) is 0 Å². The summed E-state index contributed by atoms with van der Waals surface area (Å²) in [6.07, 6.45) is 4.50. The van der Waals surface area contributed by atoms with Gasteiger partial charge >= 0.3 is 0 Å². The number of carbonyl (C=O) groups excluding carboxylic acids is 2. The van der Waals surface area contributed by atoms with Gasteiger partial charge in [-0.05, 0) is 49.8 Å². The molecule has 1 aromatic rings. The number of benzene rings is 1. The Morgan fingerprint density at radius 2 is 2.13 bits per heavy atom. The summed E-state index contributed by atoms with van der Waals surface area (Å²) >= 11 is 0. The minimum Gasteiger partial charge on any atom is -0.392 e. The summed E-state index contributed by atoms with van der Waals surface area (Å²) in [6.45, 7) is 1.40. The maximum atomic E-state index is 12.2. The molecular formula is C18H24N2O3. The lowest BCUT2D eigenvalue weighted by molar-refractivity contribution is -0.133. The molecule has 2 fully saturated rings. The van der Waals surface area contributed by atoms with Crippen molar-refractivity contribution in [1.29, 1.82) is 0 Å². The first-order valence-electron chi connectivity index (χ1n) is 8.49. The van der Waals surface area contributed by atoms with E-state index < -0.39 is 6.10 Å². The zero-order chi connectivity index (χ0) is 16.2. The molecule has 1 aliphatic carbocycles. The first-order chi connectivity index (χ1) is 11.1. The van der Waals surface area contributed by atoms with Crippen LogP contribution in [0.25, 0.3) is 0 Å². The fourth-order valence-corrected chi connectivity index (χ4v) is 3.48. The van der Waals surface area contributed by atoms with E-state index >= 15 is 0 Å². The number of likely N-dealkylation sites (tertiary alicyclic amines) is 1. The van der Waals surface area contributed by atoms with Crippen LogP contribution in [0.4, 0.5) is 5.69 Å². The maximum Gasteiger partial charge on any atom is 0.230 e. The topological polar surface area (TPSA) is 69.6 Å². The number of aliphatic hydroxyl groups excluding tert-OH is 1. The van der Waals surface area contributed by atoms with Gasteiger partial charge < -0.3 is 15.3 Å². The quantitative estimate of drug-likeness (QED) is 0.895. The number of hydrogen-bond donors (Lipinski definition) is 2. The molecule has 1 saturated heterocycles. The van der Waals surface area contributed by atoms with Crippen LogP contribution >= 0.6 is 0 Å². The number of amides is 2. The van der Waals surface area contributed by atoms with Crippen molar-refractivity contribution in [3.8, 4) is 0 Å². The molecule has 0 radical (unpaired) electrons. The van der Waals surface area contributed by atoms with Crippen molar-refractivity contribution in [1.82, 2.24) is 4.90 Å². The van der Waals surface area contributed by atoms with Crippen LogP contribution in [0.5, 0.6) is 0 Å². The molecule has 1 heterocycles. The molecule has 0 bridgehead atoms. The molecule has 2 aliphatic rings. The molecule has 23 heavy (non-hydrogen) atoms. The molecule has 124 valence electrons. The summed E-state index contributed by atoms with van der Waals surface area (Å²) < 4.78 is 0. The number of nitrogens with zero attached hydrogens (tertiary/aromatic N) is 1. The van der Waals surface area contributed by atoms with Gasteiger partial charge in [0.05, 0.1) is 12.0 Å². The Labute approximate surface area is 136 Å². The van der Waals surface area contributed by atoms with E-state index in [0.717, 1.165) is 43.5 Å². The van der Waals surface area contributed by atoms with Crippen molar-refractivity contribution < 1.29 is 14.7 Å². The summed E-state index contributed by atoms with van der Waals surface area (Å²) in [5, 5.41) is 12.7. The van der Waals surface area contributed by atoms with Crippen molar-refractivity contribution in [3.63, 3.8) is 0 Å². The molecule has 1 aliphatic heterocycles. The number of nitrogens with one attached hydrogen (secondary N) is 1. The van der Waals surface area contributed by atoms with Gasteiger partial charge in [-0.15, -0.1) is 0 Å². The summed E-state index contributed by atoms with van der Waals surface area (Å²) in [5.74, 6) is -0.205. The van der Waals surface area contributed by atoms with Gasteiger partial charge in [0.25, 0.3) is 0 Å². The average Bonchev–Trinajstić information content (AvgIpc) is 2.96. The Kier molecular flexibility index (Phi) is 4.96. The van der Waals surface area contributed by atoms with Gasteiger partial charge in [0.1, 0.15) is 0 Å². The predicted molar refractivity (Wildman–Crippen MR) is 87.7 cm³/mol. The summed E-state index contributed by atoms with van der Waals surface area (Å²) in [6, 6.07) is 7.63. The predicted octanol–water partition coefficient (Wildman–Crippen LogP) is 2.30. The number of piperidine rings is 1. The van der Waals surface area contributed by atoms with E-state index in [1.807, 2.05) is 29.2 Å². The second kappa shape index (κ2) is 7.13.